The average Bonchev–Trinajstić information content (AvgIpc) is 2.63. The van der Waals surface area contributed by atoms with Crippen molar-refractivity contribution >= 4 is 0 Å². The van der Waals surface area contributed by atoms with Gasteiger partial charge in [-0.1, -0.05) is 35.4 Å². The Balaban J connectivity index is 2.08. The zero-order valence-corrected chi connectivity index (χ0v) is 18.1. The molecule has 3 rings (SSSR count). The molecule has 0 amide bonds. The third-order valence-electron chi connectivity index (χ3n) is 5.83. The molecule has 0 aromatic heterocycles. The number of hydrogen-bond donors (Lipinski definition) is 3. The Kier molecular flexibility index (Phi) is 5.61. The second-order valence-electron chi connectivity index (χ2n) is 8.33. The molecule has 0 aliphatic rings. The molecule has 0 fully saturated rings. The van der Waals surface area contributed by atoms with Crippen molar-refractivity contribution in [3.05, 3.63) is 86.0 Å². The highest BCUT2D eigenvalue weighted by Crippen LogP contribution is 2.35. The molecule has 3 aromatic rings. The van der Waals surface area contributed by atoms with Gasteiger partial charge >= 0.3 is 0 Å². The molecule has 0 aliphatic heterocycles. The Hall–Kier alpha value is -2.94. The van der Waals surface area contributed by atoms with Crippen molar-refractivity contribution in [2.24, 2.45) is 0 Å². The van der Waals surface area contributed by atoms with E-state index >= 15 is 0 Å². The summed E-state index contributed by atoms with van der Waals surface area (Å²) in [6, 6.07) is 9.70. The molecule has 0 unspecified atom stereocenters. The van der Waals surface area contributed by atoms with Gasteiger partial charge in [0.1, 0.15) is 17.2 Å². The summed E-state index contributed by atoms with van der Waals surface area (Å²) in [6.45, 7) is 11.8. The van der Waals surface area contributed by atoms with Gasteiger partial charge in [-0.25, -0.2) is 0 Å². The number of hydrogen-bond acceptors (Lipinski definition) is 3. The first-order chi connectivity index (χ1) is 13.6. The van der Waals surface area contributed by atoms with Gasteiger partial charge in [-0.15, -0.1) is 0 Å². The highest BCUT2D eigenvalue weighted by molar-refractivity contribution is 5.55. The quantitative estimate of drug-likeness (QED) is 0.525. The van der Waals surface area contributed by atoms with Gasteiger partial charge in [-0.3, -0.25) is 0 Å². The van der Waals surface area contributed by atoms with Crippen LogP contribution >= 0.6 is 0 Å². The fraction of sp³-hybridized carbons (Fsp3) is 0.308. The predicted octanol–water partition coefficient (Wildman–Crippen LogP) is 5.84. The highest BCUT2D eigenvalue weighted by Gasteiger charge is 2.17. The Morgan fingerprint density at radius 1 is 0.552 bits per heavy atom. The molecule has 0 aliphatic carbocycles. The largest absolute Gasteiger partial charge is 0.508 e. The van der Waals surface area contributed by atoms with Gasteiger partial charge in [-0.05, 0) is 86.6 Å². The van der Waals surface area contributed by atoms with Crippen molar-refractivity contribution in [2.45, 2.75) is 54.4 Å². The van der Waals surface area contributed by atoms with E-state index in [-0.39, 0.29) is 11.5 Å². The molecule has 3 nitrogen and oxygen atoms in total. The van der Waals surface area contributed by atoms with E-state index < -0.39 is 0 Å². The van der Waals surface area contributed by atoms with E-state index in [9.17, 15) is 15.3 Å². The molecule has 3 N–H and O–H groups in total. The fourth-order valence-corrected chi connectivity index (χ4v) is 4.29. The van der Waals surface area contributed by atoms with Gasteiger partial charge in [-0.2, -0.15) is 0 Å². The maximum Gasteiger partial charge on any atom is 0.122 e. The number of phenolic OH excluding ortho intramolecular Hbond substituents is 3. The summed E-state index contributed by atoms with van der Waals surface area (Å²) in [4.78, 5) is 0. The van der Waals surface area contributed by atoms with Crippen molar-refractivity contribution in [3.8, 4) is 17.2 Å². The number of rotatable bonds is 4. The minimum absolute atomic E-state index is 0.243. The summed E-state index contributed by atoms with van der Waals surface area (Å²) >= 11 is 0. The Bertz CT molecular complexity index is 1010. The topological polar surface area (TPSA) is 60.7 Å². The van der Waals surface area contributed by atoms with E-state index in [1.165, 1.54) is 0 Å². The fourth-order valence-electron chi connectivity index (χ4n) is 4.29. The number of aryl methyl sites for hydroxylation is 5. The van der Waals surface area contributed by atoms with Crippen LogP contribution in [0.1, 0.15) is 55.6 Å². The molecule has 3 heteroatoms. The van der Waals surface area contributed by atoms with Crippen LogP contribution in [0.5, 0.6) is 17.2 Å². The second kappa shape index (κ2) is 7.82. The molecular weight excluding hydrogens is 360 g/mol. The predicted molar refractivity (Wildman–Crippen MR) is 118 cm³/mol. The van der Waals surface area contributed by atoms with Crippen LogP contribution in [0.3, 0.4) is 0 Å². The molecule has 152 valence electrons. The minimum atomic E-state index is 0.243. The molecule has 0 spiro atoms. The molecule has 0 heterocycles. The van der Waals surface area contributed by atoms with E-state index in [1.807, 2.05) is 65.8 Å². The third-order valence-corrected chi connectivity index (χ3v) is 5.83. The van der Waals surface area contributed by atoms with Gasteiger partial charge in [0, 0.05) is 18.4 Å². The van der Waals surface area contributed by atoms with Crippen molar-refractivity contribution in [3.63, 3.8) is 0 Å². The molecular formula is C26H30O3. The van der Waals surface area contributed by atoms with Crippen LogP contribution in [0.15, 0.2) is 30.3 Å². The lowest BCUT2D eigenvalue weighted by Gasteiger charge is -2.19. The summed E-state index contributed by atoms with van der Waals surface area (Å²) in [5, 5.41) is 31.7. The van der Waals surface area contributed by atoms with Crippen LogP contribution in [-0.2, 0) is 12.8 Å². The standard InChI is InChI=1S/C26H30O3/c1-14-7-17(4)25(28)20(9-14)12-22-16(3)11-24(27)23(19(22)6)13-21-10-15(2)8-18(5)26(21)29/h7-11,27-29H,12-13H2,1-6H3. The van der Waals surface area contributed by atoms with Crippen molar-refractivity contribution < 1.29 is 15.3 Å². The first-order valence-corrected chi connectivity index (χ1v) is 9.97. The first-order valence-electron chi connectivity index (χ1n) is 9.97. The lowest BCUT2D eigenvalue weighted by molar-refractivity contribution is 0.459. The second-order valence-corrected chi connectivity index (χ2v) is 8.33. The molecule has 0 radical (unpaired) electrons. The Morgan fingerprint density at radius 2 is 1.00 bits per heavy atom. The Labute approximate surface area is 173 Å². The van der Waals surface area contributed by atoms with Crippen molar-refractivity contribution in [2.75, 3.05) is 0 Å². The maximum absolute atomic E-state index is 10.7. The average molecular weight is 391 g/mol. The van der Waals surface area contributed by atoms with Crippen LogP contribution in [0.25, 0.3) is 0 Å². The van der Waals surface area contributed by atoms with Gasteiger partial charge in [0.15, 0.2) is 0 Å². The highest BCUT2D eigenvalue weighted by atomic mass is 16.3. The lowest BCUT2D eigenvalue weighted by Crippen LogP contribution is -2.03. The molecule has 0 atom stereocenters. The molecule has 29 heavy (non-hydrogen) atoms. The van der Waals surface area contributed by atoms with E-state index in [4.69, 9.17) is 0 Å². The summed E-state index contributed by atoms with van der Waals surface area (Å²) in [7, 11) is 0. The molecule has 0 bridgehead atoms. The third kappa shape index (κ3) is 4.09. The molecule has 0 saturated heterocycles. The van der Waals surface area contributed by atoms with Gasteiger partial charge in [0.2, 0.25) is 0 Å². The minimum Gasteiger partial charge on any atom is -0.508 e. The van der Waals surface area contributed by atoms with Gasteiger partial charge in [0.25, 0.3) is 0 Å². The van der Waals surface area contributed by atoms with Crippen LogP contribution in [0.2, 0.25) is 0 Å². The summed E-state index contributed by atoms with van der Waals surface area (Å²) in [5.74, 6) is 0.853. The van der Waals surface area contributed by atoms with Crippen LogP contribution in [0.4, 0.5) is 0 Å². The van der Waals surface area contributed by atoms with Crippen molar-refractivity contribution in [1.29, 1.82) is 0 Å². The smallest absolute Gasteiger partial charge is 0.122 e. The van der Waals surface area contributed by atoms with E-state index in [2.05, 4.69) is 0 Å². The summed E-state index contributed by atoms with van der Waals surface area (Å²) in [6.07, 6.45) is 1.05. The number of phenols is 3. The Morgan fingerprint density at radius 3 is 1.48 bits per heavy atom. The maximum atomic E-state index is 10.7. The van der Waals surface area contributed by atoms with Gasteiger partial charge in [0.05, 0.1) is 0 Å². The van der Waals surface area contributed by atoms with Crippen LogP contribution in [-0.4, -0.2) is 15.3 Å². The molecule has 0 saturated carbocycles. The van der Waals surface area contributed by atoms with Gasteiger partial charge < -0.3 is 15.3 Å². The van der Waals surface area contributed by atoms with E-state index in [0.29, 0.717) is 18.6 Å². The zero-order chi connectivity index (χ0) is 21.5. The normalized spacial score (nSPS) is 11.1. The van der Waals surface area contributed by atoms with Crippen molar-refractivity contribution in [1.82, 2.24) is 0 Å². The van der Waals surface area contributed by atoms with E-state index in [0.717, 1.165) is 55.6 Å². The zero-order valence-electron chi connectivity index (χ0n) is 18.1. The molecule has 3 aromatic carbocycles. The SMILES string of the molecule is Cc1cc(C)c(O)c(Cc2c(C)cc(O)c(Cc3cc(C)cc(C)c3O)c2C)c1. The summed E-state index contributed by atoms with van der Waals surface area (Å²) < 4.78 is 0. The number of aromatic hydroxyl groups is 3. The number of benzene rings is 3. The first kappa shape index (κ1) is 20.8. The lowest BCUT2D eigenvalue weighted by atomic mass is 9.88. The van der Waals surface area contributed by atoms with Crippen LogP contribution < -0.4 is 0 Å². The van der Waals surface area contributed by atoms with E-state index in [1.54, 1.807) is 6.07 Å². The summed E-state index contributed by atoms with van der Waals surface area (Å²) in [5.41, 5.74) is 9.51. The van der Waals surface area contributed by atoms with Crippen LogP contribution in [0, 0.1) is 41.5 Å². The monoisotopic (exact) mass is 390 g/mol.